The third-order valence-electron chi connectivity index (χ3n) is 4.30. The lowest BCUT2D eigenvalue weighted by molar-refractivity contribution is 0.221. The van der Waals surface area contributed by atoms with Gasteiger partial charge in [0, 0.05) is 17.3 Å². The van der Waals surface area contributed by atoms with Crippen LogP contribution in [0.2, 0.25) is 0 Å². The van der Waals surface area contributed by atoms with Crippen LogP contribution < -0.4 is 0 Å². The Morgan fingerprint density at radius 3 is 3.29 bits per heavy atom. The van der Waals surface area contributed by atoms with Gasteiger partial charge in [-0.15, -0.1) is 0 Å². The number of rotatable bonds is 0. The Balaban J connectivity index is 2.10. The largest absolute Gasteiger partial charge is 0.260 e. The zero-order valence-electron chi connectivity index (χ0n) is 8.79. The van der Waals surface area contributed by atoms with Crippen molar-refractivity contribution in [2.75, 3.05) is 0 Å². The molecule has 2 unspecified atom stereocenters. The van der Waals surface area contributed by atoms with Gasteiger partial charge in [-0.3, -0.25) is 4.98 Å². The molecule has 1 aromatic rings. The molecular formula is C13H17N. The van der Waals surface area contributed by atoms with Gasteiger partial charge in [0.2, 0.25) is 0 Å². The monoisotopic (exact) mass is 187 g/mol. The molecule has 2 atom stereocenters. The van der Waals surface area contributed by atoms with Crippen LogP contribution in [0.4, 0.5) is 0 Å². The van der Waals surface area contributed by atoms with Crippen LogP contribution in [0.1, 0.15) is 43.9 Å². The van der Waals surface area contributed by atoms with Crippen LogP contribution in [0.25, 0.3) is 0 Å². The van der Waals surface area contributed by atoms with Crippen molar-refractivity contribution in [1.29, 1.82) is 0 Å². The Bertz CT molecular complexity index is 358. The highest BCUT2D eigenvalue weighted by Gasteiger charge is 2.44. The van der Waals surface area contributed by atoms with Gasteiger partial charge >= 0.3 is 0 Å². The molecule has 0 bridgehead atoms. The van der Waals surface area contributed by atoms with E-state index in [1.807, 2.05) is 6.20 Å². The summed E-state index contributed by atoms with van der Waals surface area (Å²) in [6.07, 6.45) is 8.81. The van der Waals surface area contributed by atoms with E-state index >= 15 is 0 Å². The Labute approximate surface area is 85.6 Å². The van der Waals surface area contributed by atoms with E-state index < -0.39 is 0 Å². The smallest absolute Gasteiger partial charge is 0.0497 e. The van der Waals surface area contributed by atoms with Crippen LogP contribution in [0.15, 0.2) is 18.3 Å². The van der Waals surface area contributed by atoms with Gasteiger partial charge in [0.1, 0.15) is 0 Å². The van der Waals surface area contributed by atoms with Crippen molar-refractivity contribution >= 4 is 0 Å². The van der Waals surface area contributed by atoms with E-state index in [0.29, 0.717) is 5.41 Å². The van der Waals surface area contributed by atoms with E-state index in [-0.39, 0.29) is 0 Å². The fourth-order valence-corrected chi connectivity index (χ4v) is 3.43. The molecule has 1 heteroatoms. The van der Waals surface area contributed by atoms with E-state index in [2.05, 4.69) is 24.0 Å². The maximum atomic E-state index is 4.62. The lowest BCUT2D eigenvalue weighted by Gasteiger charge is -2.36. The summed E-state index contributed by atoms with van der Waals surface area (Å²) in [6.45, 7) is 2.43. The minimum Gasteiger partial charge on any atom is -0.260 e. The molecule has 14 heavy (non-hydrogen) atoms. The van der Waals surface area contributed by atoms with Gasteiger partial charge in [-0.1, -0.05) is 25.8 Å². The molecule has 0 spiro atoms. The number of pyridine rings is 1. The third-order valence-corrected chi connectivity index (χ3v) is 4.30. The molecule has 1 fully saturated rings. The number of fused-ring (bicyclic) bond motifs is 3. The summed E-state index contributed by atoms with van der Waals surface area (Å²) >= 11 is 0. The van der Waals surface area contributed by atoms with Crippen molar-refractivity contribution in [1.82, 2.24) is 4.98 Å². The van der Waals surface area contributed by atoms with Crippen molar-refractivity contribution in [3.8, 4) is 0 Å². The highest BCUT2D eigenvalue weighted by atomic mass is 14.7. The molecule has 2 aliphatic rings. The van der Waals surface area contributed by atoms with Gasteiger partial charge in [-0.2, -0.15) is 0 Å². The molecule has 1 saturated carbocycles. The molecule has 1 nitrogen and oxygen atoms in total. The first-order valence-electron chi connectivity index (χ1n) is 5.75. The summed E-state index contributed by atoms with van der Waals surface area (Å²) in [7, 11) is 0. The summed E-state index contributed by atoms with van der Waals surface area (Å²) in [6, 6.07) is 4.35. The topological polar surface area (TPSA) is 12.9 Å². The van der Waals surface area contributed by atoms with Crippen molar-refractivity contribution in [2.24, 2.45) is 5.92 Å². The van der Waals surface area contributed by atoms with E-state index in [4.69, 9.17) is 0 Å². The summed E-state index contributed by atoms with van der Waals surface area (Å²) in [5, 5.41) is 0. The van der Waals surface area contributed by atoms with Crippen molar-refractivity contribution in [2.45, 2.75) is 44.4 Å². The Morgan fingerprint density at radius 2 is 2.36 bits per heavy atom. The average molecular weight is 187 g/mol. The van der Waals surface area contributed by atoms with Gasteiger partial charge in [-0.05, 0) is 36.8 Å². The van der Waals surface area contributed by atoms with Crippen LogP contribution in [-0.2, 0) is 11.8 Å². The van der Waals surface area contributed by atoms with E-state index in [9.17, 15) is 0 Å². The van der Waals surface area contributed by atoms with Crippen molar-refractivity contribution in [3.05, 3.63) is 29.6 Å². The van der Waals surface area contributed by atoms with Crippen LogP contribution in [0, 0.1) is 5.92 Å². The molecule has 3 rings (SSSR count). The average Bonchev–Trinajstić information content (AvgIpc) is 2.51. The van der Waals surface area contributed by atoms with E-state index in [0.717, 1.165) is 5.92 Å². The molecule has 0 saturated heterocycles. The molecule has 0 radical (unpaired) electrons. The number of nitrogens with zero attached hydrogens (tertiary/aromatic N) is 1. The minimum absolute atomic E-state index is 0.412. The van der Waals surface area contributed by atoms with Crippen LogP contribution >= 0.6 is 0 Å². The maximum Gasteiger partial charge on any atom is 0.0497 e. The first-order chi connectivity index (χ1) is 6.81. The lowest BCUT2D eigenvalue weighted by atomic mass is 9.69. The standard InChI is InChI=1S/C13H17N/c1-13-7-3-2-6-11(13)9-10-5-4-8-14-12(10)13/h4-5,8,11H,2-3,6-7,9H2,1H3. The molecule has 1 aromatic heterocycles. The zero-order valence-corrected chi connectivity index (χ0v) is 8.79. The molecule has 74 valence electrons. The van der Waals surface area contributed by atoms with Gasteiger partial charge in [0.25, 0.3) is 0 Å². The second-order valence-corrected chi connectivity index (χ2v) is 5.08. The van der Waals surface area contributed by atoms with Gasteiger partial charge < -0.3 is 0 Å². The first-order valence-corrected chi connectivity index (χ1v) is 5.75. The van der Waals surface area contributed by atoms with Gasteiger partial charge in [-0.25, -0.2) is 0 Å². The van der Waals surface area contributed by atoms with Crippen molar-refractivity contribution in [3.63, 3.8) is 0 Å². The third kappa shape index (κ3) is 0.985. The van der Waals surface area contributed by atoms with Gasteiger partial charge in [0.05, 0.1) is 0 Å². The molecule has 0 amide bonds. The Morgan fingerprint density at radius 1 is 1.43 bits per heavy atom. The van der Waals surface area contributed by atoms with Crippen LogP contribution in [0.3, 0.4) is 0 Å². The number of hydrogen-bond acceptors (Lipinski definition) is 1. The summed E-state index contributed by atoms with van der Waals surface area (Å²) in [5.41, 5.74) is 3.33. The van der Waals surface area contributed by atoms with Crippen LogP contribution in [0.5, 0.6) is 0 Å². The SMILES string of the molecule is CC12CCCCC1Cc1cccnc12. The molecule has 0 aromatic carbocycles. The second-order valence-electron chi connectivity index (χ2n) is 5.08. The normalized spacial score (nSPS) is 35.1. The maximum absolute atomic E-state index is 4.62. The van der Waals surface area contributed by atoms with Crippen LogP contribution in [-0.4, -0.2) is 4.98 Å². The zero-order chi connectivity index (χ0) is 9.60. The summed E-state index contributed by atoms with van der Waals surface area (Å²) in [4.78, 5) is 4.62. The van der Waals surface area contributed by atoms with Crippen molar-refractivity contribution < 1.29 is 0 Å². The quantitative estimate of drug-likeness (QED) is 0.608. The number of hydrogen-bond donors (Lipinski definition) is 0. The lowest BCUT2D eigenvalue weighted by Crippen LogP contribution is -2.31. The Kier molecular flexibility index (Phi) is 1.70. The van der Waals surface area contributed by atoms with E-state index in [1.165, 1.54) is 43.4 Å². The first kappa shape index (κ1) is 8.46. The number of aromatic nitrogens is 1. The molecular weight excluding hydrogens is 170 g/mol. The summed E-state index contributed by atoms with van der Waals surface area (Å²) in [5.74, 6) is 0.876. The molecule has 2 aliphatic carbocycles. The molecule has 0 N–H and O–H groups in total. The minimum atomic E-state index is 0.412. The summed E-state index contributed by atoms with van der Waals surface area (Å²) < 4.78 is 0. The molecule has 1 heterocycles. The predicted molar refractivity (Wildman–Crippen MR) is 57.3 cm³/mol. The Hall–Kier alpha value is -0.850. The highest BCUT2D eigenvalue weighted by Crippen LogP contribution is 2.50. The molecule has 0 aliphatic heterocycles. The van der Waals surface area contributed by atoms with E-state index in [1.54, 1.807) is 0 Å². The second kappa shape index (κ2) is 2.82. The predicted octanol–water partition coefficient (Wildman–Crippen LogP) is 3.09. The highest BCUT2D eigenvalue weighted by molar-refractivity contribution is 5.35. The van der Waals surface area contributed by atoms with Gasteiger partial charge in [0.15, 0.2) is 0 Å². The fraction of sp³-hybridized carbons (Fsp3) is 0.615. The fourth-order valence-electron chi connectivity index (χ4n) is 3.43.